The monoisotopic (exact) mass is 477 g/mol. The Morgan fingerprint density at radius 1 is 1.03 bits per heavy atom. The number of hydrogen-bond acceptors (Lipinski definition) is 4. The predicted molar refractivity (Wildman–Crippen MR) is 137 cm³/mol. The molecule has 2 saturated heterocycles. The van der Waals surface area contributed by atoms with Crippen LogP contribution in [-0.4, -0.2) is 65.5 Å². The number of nitrogens with zero attached hydrogens (tertiary/aromatic N) is 3. The molecule has 35 heavy (non-hydrogen) atoms. The fourth-order valence-corrected chi connectivity index (χ4v) is 4.91. The van der Waals surface area contributed by atoms with Gasteiger partial charge in [0.25, 0.3) is 5.91 Å². The number of aryl methyl sites for hydroxylation is 1. The zero-order chi connectivity index (χ0) is 25.0. The van der Waals surface area contributed by atoms with Gasteiger partial charge in [-0.15, -0.1) is 0 Å². The molecule has 0 bridgehead atoms. The second kappa shape index (κ2) is 10.4. The van der Waals surface area contributed by atoms with Crippen LogP contribution in [-0.2, 0) is 9.59 Å². The van der Waals surface area contributed by atoms with Crippen molar-refractivity contribution in [3.63, 3.8) is 0 Å². The number of rotatable bonds is 6. The molecule has 2 aliphatic rings. The van der Waals surface area contributed by atoms with Gasteiger partial charge in [-0.1, -0.05) is 43.3 Å². The zero-order valence-electron chi connectivity index (χ0n) is 20.8. The first-order chi connectivity index (χ1) is 16.8. The second-order valence-corrected chi connectivity index (χ2v) is 9.55. The van der Waals surface area contributed by atoms with Gasteiger partial charge in [0.15, 0.2) is 0 Å². The van der Waals surface area contributed by atoms with E-state index >= 15 is 0 Å². The molecule has 2 aliphatic heterocycles. The number of likely N-dealkylation sites (tertiary alicyclic amines) is 1. The Labute approximate surface area is 207 Å². The molecule has 0 aliphatic carbocycles. The van der Waals surface area contributed by atoms with Crippen molar-refractivity contribution in [2.45, 2.75) is 51.6 Å². The minimum Gasteiger partial charge on any atom is -0.352 e. The van der Waals surface area contributed by atoms with Crippen LogP contribution in [0.4, 0.5) is 16.2 Å². The van der Waals surface area contributed by atoms with Crippen LogP contribution in [0.15, 0.2) is 54.6 Å². The number of hydrogen-bond donors (Lipinski definition) is 2. The number of urea groups is 1. The Hall–Kier alpha value is -3.55. The molecule has 8 nitrogen and oxygen atoms in total. The molecule has 8 heteroatoms. The highest BCUT2D eigenvalue weighted by Gasteiger charge is 2.54. The van der Waals surface area contributed by atoms with Gasteiger partial charge in [-0.2, -0.15) is 0 Å². The molecule has 4 amide bonds. The van der Waals surface area contributed by atoms with Crippen molar-refractivity contribution >= 4 is 29.2 Å². The van der Waals surface area contributed by atoms with E-state index in [9.17, 15) is 14.4 Å². The van der Waals surface area contributed by atoms with Crippen LogP contribution in [0.3, 0.4) is 0 Å². The molecule has 4 rings (SSSR count). The van der Waals surface area contributed by atoms with Crippen molar-refractivity contribution in [1.29, 1.82) is 0 Å². The van der Waals surface area contributed by atoms with Crippen LogP contribution in [0.2, 0.25) is 0 Å². The van der Waals surface area contributed by atoms with Gasteiger partial charge < -0.3 is 25.3 Å². The molecule has 1 unspecified atom stereocenters. The highest BCUT2D eigenvalue weighted by atomic mass is 16.2. The maximum absolute atomic E-state index is 13.8. The summed E-state index contributed by atoms with van der Waals surface area (Å²) in [7, 11) is 0. The maximum Gasteiger partial charge on any atom is 0.321 e. The van der Waals surface area contributed by atoms with Gasteiger partial charge in [0.2, 0.25) is 5.91 Å². The average molecular weight is 478 g/mol. The molecule has 186 valence electrons. The fourth-order valence-electron chi connectivity index (χ4n) is 4.91. The molecule has 2 N–H and O–H groups in total. The summed E-state index contributed by atoms with van der Waals surface area (Å²) in [4.78, 5) is 44.8. The van der Waals surface area contributed by atoms with Crippen LogP contribution >= 0.6 is 0 Å². The van der Waals surface area contributed by atoms with Gasteiger partial charge in [0, 0.05) is 30.5 Å². The van der Waals surface area contributed by atoms with E-state index in [0.29, 0.717) is 32.6 Å². The van der Waals surface area contributed by atoms with Crippen molar-refractivity contribution in [2.24, 2.45) is 0 Å². The molecule has 2 aromatic rings. The summed E-state index contributed by atoms with van der Waals surface area (Å²) in [5, 5.41) is 5.96. The number of nitrogens with one attached hydrogen (secondary N) is 2. The van der Waals surface area contributed by atoms with Crippen molar-refractivity contribution in [2.75, 3.05) is 36.5 Å². The van der Waals surface area contributed by atoms with E-state index < -0.39 is 5.54 Å². The van der Waals surface area contributed by atoms with Crippen molar-refractivity contribution in [3.05, 3.63) is 60.2 Å². The fraction of sp³-hybridized carbons (Fsp3) is 0.444. The van der Waals surface area contributed by atoms with Crippen LogP contribution in [0.5, 0.6) is 0 Å². The summed E-state index contributed by atoms with van der Waals surface area (Å²) < 4.78 is 0. The smallest absolute Gasteiger partial charge is 0.321 e. The Balaban J connectivity index is 1.49. The van der Waals surface area contributed by atoms with Crippen LogP contribution in [0.25, 0.3) is 0 Å². The van der Waals surface area contributed by atoms with Crippen molar-refractivity contribution in [1.82, 2.24) is 15.1 Å². The number of benzene rings is 2. The quantitative estimate of drug-likeness (QED) is 0.666. The molecule has 1 atom stereocenters. The molecule has 2 fully saturated rings. The number of amides is 4. The largest absolute Gasteiger partial charge is 0.352 e. The number of carbonyl (C=O) groups excluding carboxylic acids is 3. The van der Waals surface area contributed by atoms with E-state index in [0.717, 1.165) is 23.4 Å². The minimum atomic E-state index is -0.766. The first kappa shape index (κ1) is 24.6. The minimum absolute atomic E-state index is 0.0335. The summed E-state index contributed by atoms with van der Waals surface area (Å²) in [6.45, 7) is 7.24. The lowest BCUT2D eigenvalue weighted by molar-refractivity contribution is -0.137. The van der Waals surface area contributed by atoms with Crippen LogP contribution in [0, 0.1) is 6.92 Å². The van der Waals surface area contributed by atoms with Crippen LogP contribution in [0.1, 0.15) is 38.7 Å². The third kappa shape index (κ3) is 5.11. The number of carbonyl (C=O) groups is 3. The maximum atomic E-state index is 13.8. The van der Waals surface area contributed by atoms with Gasteiger partial charge in [0.05, 0.1) is 6.67 Å². The van der Waals surface area contributed by atoms with Gasteiger partial charge >= 0.3 is 6.03 Å². The molecule has 2 aromatic carbocycles. The molecule has 0 aromatic heterocycles. The Morgan fingerprint density at radius 2 is 1.69 bits per heavy atom. The summed E-state index contributed by atoms with van der Waals surface area (Å²) in [6.07, 6.45) is 1.84. The molecule has 2 heterocycles. The van der Waals surface area contributed by atoms with Crippen molar-refractivity contribution in [3.8, 4) is 0 Å². The van der Waals surface area contributed by atoms with Crippen LogP contribution < -0.4 is 15.5 Å². The predicted octanol–water partition coefficient (Wildman–Crippen LogP) is 3.58. The third-order valence-corrected chi connectivity index (χ3v) is 7.20. The first-order valence-corrected chi connectivity index (χ1v) is 12.4. The lowest BCUT2D eigenvalue weighted by Gasteiger charge is -2.43. The topological polar surface area (TPSA) is 85.0 Å². The molecular formula is C27H35N5O3. The Kier molecular flexibility index (Phi) is 7.28. The van der Waals surface area contributed by atoms with E-state index in [1.54, 1.807) is 9.80 Å². The summed E-state index contributed by atoms with van der Waals surface area (Å²) in [5.74, 6) is -0.188. The first-order valence-electron chi connectivity index (χ1n) is 12.4. The normalized spacial score (nSPS) is 18.0. The number of anilines is 2. The van der Waals surface area contributed by atoms with E-state index in [1.165, 1.54) is 0 Å². The summed E-state index contributed by atoms with van der Waals surface area (Å²) >= 11 is 0. The Bertz CT molecular complexity index is 1070. The average Bonchev–Trinajstić information content (AvgIpc) is 3.12. The Morgan fingerprint density at radius 3 is 2.34 bits per heavy atom. The highest BCUT2D eigenvalue weighted by Crippen LogP contribution is 2.39. The SMILES string of the molecule is CCC(C)NC(=O)CN1CN(c2ccccc2)C2(CCN(C(=O)Nc3ccccc3C)CC2)C1=O. The number of para-hydroxylation sites is 2. The van der Waals surface area contributed by atoms with Crippen molar-refractivity contribution < 1.29 is 14.4 Å². The summed E-state index contributed by atoms with van der Waals surface area (Å²) in [5.41, 5.74) is 1.97. The lowest BCUT2D eigenvalue weighted by Crippen LogP contribution is -2.58. The third-order valence-electron chi connectivity index (χ3n) is 7.20. The van der Waals surface area contributed by atoms with E-state index in [4.69, 9.17) is 0 Å². The number of piperidine rings is 1. The zero-order valence-corrected chi connectivity index (χ0v) is 20.8. The molecule has 1 spiro atoms. The van der Waals surface area contributed by atoms with E-state index in [-0.39, 0.29) is 30.4 Å². The van der Waals surface area contributed by atoms with Gasteiger partial charge in [-0.3, -0.25) is 9.59 Å². The van der Waals surface area contributed by atoms with E-state index in [2.05, 4.69) is 15.5 Å². The van der Waals surface area contributed by atoms with Gasteiger partial charge in [-0.05, 0) is 56.9 Å². The molecular weight excluding hydrogens is 442 g/mol. The van der Waals surface area contributed by atoms with Gasteiger partial charge in [-0.25, -0.2) is 4.79 Å². The van der Waals surface area contributed by atoms with E-state index in [1.807, 2.05) is 75.4 Å². The molecule has 0 radical (unpaired) electrons. The van der Waals surface area contributed by atoms with Gasteiger partial charge in [0.1, 0.15) is 12.1 Å². The summed E-state index contributed by atoms with van der Waals surface area (Å²) in [6, 6.07) is 17.4. The standard InChI is InChI=1S/C27H35N5O3/c1-4-21(3)28-24(33)18-31-19-32(22-11-6-5-7-12-22)27(25(31)34)14-16-30(17-15-27)26(35)29-23-13-9-8-10-20(23)2/h5-13,21H,4,14-19H2,1-3H3,(H,28,33)(H,29,35). The molecule has 0 saturated carbocycles. The highest BCUT2D eigenvalue weighted by molar-refractivity contribution is 5.97. The second-order valence-electron chi connectivity index (χ2n) is 9.55. The lowest BCUT2D eigenvalue weighted by atomic mass is 9.85.